The van der Waals surface area contributed by atoms with Gasteiger partial charge in [0.2, 0.25) is 0 Å². The fourth-order valence-electron chi connectivity index (χ4n) is 2.66. The number of rotatable bonds is 3. The normalized spacial score (nSPS) is 23.1. The Labute approximate surface area is 112 Å². The number of carbonyl (C=O) groups is 1. The Morgan fingerprint density at radius 3 is 2.58 bits per heavy atom. The molecule has 0 unspecified atom stereocenters. The Morgan fingerprint density at radius 1 is 1.26 bits per heavy atom. The third kappa shape index (κ3) is 3.31. The molecular weight excluding hydrogens is 248 g/mol. The molecule has 0 saturated heterocycles. The van der Waals surface area contributed by atoms with Crippen LogP contribution in [0.4, 0.5) is 8.78 Å². The summed E-state index contributed by atoms with van der Waals surface area (Å²) in [5.74, 6) is -1.83. The molecule has 4 heteroatoms. The molecule has 1 aliphatic rings. The quantitative estimate of drug-likeness (QED) is 0.889. The van der Waals surface area contributed by atoms with E-state index < -0.39 is 17.5 Å². The van der Waals surface area contributed by atoms with Crippen LogP contribution in [0.1, 0.15) is 49.4 Å². The lowest BCUT2D eigenvalue weighted by atomic mass is 9.84. The highest BCUT2D eigenvalue weighted by molar-refractivity contribution is 5.94. The lowest BCUT2D eigenvalue weighted by molar-refractivity contribution is 0.0916. The molecule has 0 aliphatic heterocycles. The molecule has 1 amide bonds. The van der Waals surface area contributed by atoms with Crippen LogP contribution in [0.5, 0.6) is 0 Å². The maximum atomic E-state index is 13.5. The summed E-state index contributed by atoms with van der Waals surface area (Å²) >= 11 is 0. The molecule has 0 aromatic heterocycles. The molecule has 19 heavy (non-hydrogen) atoms. The minimum absolute atomic E-state index is 0.0815. The summed E-state index contributed by atoms with van der Waals surface area (Å²) in [5.41, 5.74) is -0.211. The van der Waals surface area contributed by atoms with E-state index in [0.29, 0.717) is 0 Å². The fraction of sp³-hybridized carbons (Fsp3) is 0.533. The monoisotopic (exact) mass is 267 g/mol. The predicted octanol–water partition coefficient (Wildman–Crippen LogP) is 3.66. The smallest absolute Gasteiger partial charge is 0.254 e. The largest absolute Gasteiger partial charge is 0.349 e. The van der Waals surface area contributed by atoms with Crippen molar-refractivity contribution in [2.45, 2.75) is 45.1 Å². The Balaban J connectivity index is 1.96. The summed E-state index contributed by atoms with van der Waals surface area (Å²) in [7, 11) is 0. The van der Waals surface area contributed by atoms with E-state index in [4.69, 9.17) is 0 Å². The van der Waals surface area contributed by atoms with Crippen LogP contribution in [-0.2, 0) is 0 Å². The highest BCUT2D eigenvalue weighted by Crippen LogP contribution is 2.26. The highest BCUT2D eigenvalue weighted by atomic mass is 19.2. The fourth-order valence-corrected chi connectivity index (χ4v) is 2.66. The molecule has 0 bridgehead atoms. The van der Waals surface area contributed by atoms with Gasteiger partial charge in [0.05, 0.1) is 5.56 Å². The van der Waals surface area contributed by atoms with Crippen molar-refractivity contribution in [2.75, 3.05) is 0 Å². The standard InChI is InChI=1S/C15H19F2NO/c1-2-10-6-8-11(9-7-10)18-15(19)12-4-3-5-13(16)14(12)17/h3-5,10-11H,2,6-9H2,1H3,(H,18,19). The molecule has 1 aromatic rings. The van der Waals surface area contributed by atoms with Crippen LogP contribution in [0.25, 0.3) is 0 Å². The van der Waals surface area contributed by atoms with Crippen LogP contribution >= 0.6 is 0 Å². The van der Waals surface area contributed by atoms with Crippen LogP contribution < -0.4 is 5.32 Å². The van der Waals surface area contributed by atoms with E-state index in [9.17, 15) is 13.6 Å². The SMILES string of the molecule is CCC1CCC(NC(=O)c2cccc(F)c2F)CC1. The lowest BCUT2D eigenvalue weighted by Gasteiger charge is -2.28. The van der Waals surface area contributed by atoms with E-state index in [1.54, 1.807) is 0 Å². The predicted molar refractivity (Wildman–Crippen MR) is 69.9 cm³/mol. The van der Waals surface area contributed by atoms with E-state index in [1.165, 1.54) is 18.6 Å². The lowest BCUT2D eigenvalue weighted by Crippen LogP contribution is -2.38. The van der Waals surface area contributed by atoms with Crippen molar-refractivity contribution in [2.24, 2.45) is 5.92 Å². The summed E-state index contributed by atoms with van der Waals surface area (Å²) in [6, 6.07) is 3.75. The van der Waals surface area contributed by atoms with Gasteiger partial charge in [0, 0.05) is 6.04 Å². The number of halogens is 2. The number of nitrogens with one attached hydrogen (secondary N) is 1. The van der Waals surface area contributed by atoms with Crippen molar-refractivity contribution in [1.29, 1.82) is 0 Å². The average Bonchev–Trinajstić information content (AvgIpc) is 2.42. The highest BCUT2D eigenvalue weighted by Gasteiger charge is 2.23. The van der Waals surface area contributed by atoms with Crippen molar-refractivity contribution in [1.82, 2.24) is 5.32 Å². The van der Waals surface area contributed by atoms with Crippen LogP contribution in [-0.4, -0.2) is 11.9 Å². The second-order valence-electron chi connectivity index (χ2n) is 5.20. The van der Waals surface area contributed by atoms with Crippen molar-refractivity contribution in [3.8, 4) is 0 Å². The molecule has 1 saturated carbocycles. The summed E-state index contributed by atoms with van der Waals surface area (Å²) < 4.78 is 26.5. The van der Waals surface area contributed by atoms with Crippen LogP contribution in [0.3, 0.4) is 0 Å². The first-order valence-electron chi connectivity index (χ1n) is 6.86. The summed E-state index contributed by atoms with van der Waals surface area (Å²) in [4.78, 5) is 11.9. The topological polar surface area (TPSA) is 29.1 Å². The van der Waals surface area contributed by atoms with Gasteiger partial charge < -0.3 is 5.32 Å². The zero-order valence-corrected chi connectivity index (χ0v) is 11.1. The molecule has 2 rings (SSSR count). The number of hydrogen-bond donors (Lipinski definition) is 1. The van der Waals surface area contributed by atoms with E-state index >= 15 is 0 Å². The maximum Gasteiger partial charge on any atom is 0.254 e. The average molecular weight is 267 g/mol. The summed E-state index contributed by atoms with van der Waals surface area (Å²) in [6.07, 6.45) is 5.18. The van der Waals surface area contributed by atoms with E-state index in [-0.39, 0.29) is 11.6 Å². The molecule has 104 valence electrons. The first-order valence-corrected chi connectivity index (χ1v) is 6.86. The molecule has 0 spiro atoms. The van der Waals surface area contributed by atoms with Crippen molar-refractivity contribution in [3.63, 3.8) is 0 Å². The van der Waals surface area contributed by atoms with Crippen molar-refractivity contribution in [3.05, 3.63) is 35.4 Å². The molecular formula is C15H19F2NO. The van der Waals surface area contributed by atoms with Crippen LogP contribution in [0.15, 0.2) is 18.2 Å². The Morgan fingerprint density at radius 2 is 1.95 bits per heavy atom. The molecule has 1 aliphatic carbocycles. The van der Waals surface area contributed by atoms with Crippen molar-refractivity contribution < 1.29 is 13.6 Å². The molecule has 2 nitrogen and oxygen atoms in total. The molecule has 0 atom stereocenters. The van der Waals surface area contributed by atoms with Gasteiger partial charge in [-0.05, 0) is 43.7 Å². The van der Waals surface area contributed by atoms with Crippen LogP contribution in [0.2, 0.25) is 0 Å². The van der Waals surface area contributed by atoms with Gasteiger partial charge in [-0.1, -0.05) is 19.4 Å². The maximum absolute atomic E-state index is 13.5. The van der Waals surface area contributed by atoms with Gasteiger partial charge >= 0.3 is 0 Å². The Bertz CT molecular complexity index is 453. The zero-order valence-electron chi connectivity index (χ0n) is 11.1. The third-order valence-electron chi connectivity index (χ3n) is 3.96. The number of benzene rings is 1. The molecule has 0 radical (unpaired) electrons. The van der Waals surface area contributed by atoms with E-state index in [0.717, 1.165) is 37.7 Å². The van der Waals surface area contributed by atoms with Gasteiger partial charge in [-0.3, -0.25) is 4.79 Å². The van der Waals surface area contributed by atoms with Gasteiger partial charge in [-0.2, -0.15) is 0 Å². The first-order chi connectivity index (χ1) is 9.11. The van der Waals surface area contributed by atoms with Gasteiger partial charge in [-0.25, -0.2) is 8.78 Å². The van der Waals surface area contributed by atoms with Crippen molar-refractivity contribution >= 4 is 5.91 Å². The number of hydrogen-bond acceptors (Lipinski definition) is 1. The third-order valence-corrected chi connectivity index (χ3v) is 3.96. The molecule has 1 aromatic carbocycles. The first kappa shape index (κ1) is 14.0. The Hall–Kier alpha value is -1.45. The Kier molecular flexibility index (Phi) is 4.51. The second-order valence-corrected chi connectivity index (χ2v) is 5.20. The summed E-state index contributed by atoms with van der Waals surface area (Å²) in [6.45, 7) is 2.17. The van der Waals surface area contributed by atoms with Gasteiger partial charge in [0.25, 0.3) is 5.91 Å². The minimum Gasteiger partial charge on any atom is -0.349 e. The molecule has 1 fully saturated rings. The van der Waals surface area contributed by atoms with Gasteiger partial charge in [0.1, 0.15) is 0 Å². The minimum atomic E-state index is -1.07. The molecule has 1 N–H and O–H groups in total. The van der Waals surface area contributed by atoms with E-state index in [1.807, 2.05) is 0 Å². The number of amides is 1. The summed E-state index contributed by atoms with van der Waals surface area (Å²) in [5, 5.41) is 2.80. The van der Waals surface area contributed by atoms with Gasteiger partial charge in [-0.15, -0.1) is 0 Å². The zero-order chi connectivity index (χ0) is 13.8. The second kappa shape index (κ2) is 6.13. The number of carbonyl (C=O) groups excluding carboxylic acids is 1. The van der Waals surface area contributed by atoms with Crippen LogP contribution in [0, 0.1) is 17.6 Å². The van der Waals surface area contributed by atoms with E-state index in [2.05, 4.69) is 12.2 Å². The molecule has 0 heterocycles. The van der Waals surface area contributed by atoms with Gasteiger partial charge in [0.15, 0.2) is 11.6 Å².